The second-order valence-corrected chi connectivity index (χ2v) is 5.82. The van der Waals surface area contributed by atoms with Crippen LogP contribution in [0.4, 0.5) is 5.69 Å². The van der Waals surface area contributed by atoms with Crippen LogP contribution in [0.1, 0.15) is 49.9 Å². The number of hydrogen-bond acceptors (Lipinski definition) is 2. The van der Waals surface area contributed by atoms with Gasteiger partial charge in [-0.3, -0.25) is 4.79 Å². The van der Waals surface area contributed by atoms with Crippen LogP contribution in [0.5, 0.6) is 0 Å². The maximum atomic E-state index is 11.3. The smallest absolute Gasteiger partial charge is 0.159 e. The maximum absolute atomic E-state index is 11.3. The van der Waals surface area contributed by atoms with Crippen LogP contribution in [0.25, 0.3) is 0 Å². The molecule has 0 N–H and O–H groups in total. The molecule has 0 aliphatic carbocycles. The van der Waals surface area contributed by atoms with Gasteiger partial charge in [-0.05, 0) is 50.3 Å². The minimum atomic E-state index is 0.0652. The number of nitrogens with zero attached hydrogens (tertiary/aromatic N) is 1. The summed E-state index contributed by atoms with van der Waals surface area (Å²) < 4.78 is 0. The maximum Gasteiger partial charge on any atom is 0.159 e. The van der Waals surface area contributed by atoms with Gasteiger partial charge in [0, 0.05) is 18.7 Å². The third kappa shape index (κ3) is 3.50. The molecule has 1 aliphatic rings. The van der Waals surface area contributed by atoms with E-state index in [2.05, 4.69) is 11.8 Å². The molecule has 0 aromatic heterocycles. The minimum absolute atomic E-state index is 0.0652. The molecule has 3 heteroatoms. The summed E-state index contributed by atoms with van der Waals surface area (Å²) in [7, 11) is 0. The van der Waals surface area contributed by atoms with Crippen molar-refractivity contribution in [2.75, 3.05) is 18.0 Å². The predicted octanol–water partition coefficient (Wildman–Crippen LogP) is 4.56. The first kappa shape index (κ1) is 14.4. The van der Waals surface area contributed by atoms with E-state index < -0.39 is 0 Å². The first-order valence-corrected chi connectivity index (χ1v) is 7.55. The number of hydrogen-bond donors (Lipinski definition) is 0. The number of rotatable bonds is 3. The van der Waals surface area contributed by atoms with Crippen molar-refractivity contribution in [1.82, 2.24) is 0 Å². The Bertz CT molecular complexity index is 458. The van der Waals surface area contributed by atoms with Crippen LogP contribution in [0.3, 0.4) is 0 Å². The van der Waals surface area contributed by atoms with Gasteiger partial charge in [0.05, 0.1) is 10.7 Å². The average molecular weight is 280 g/mol. The molecular weight excluding hydrogens is 258 g/mol. The first-order chi connectivity index (χ1) is 9.11. The van der Waals surface area contributed by atoms with Gasteiger partial charge >= 0.3 is 0 Å². The highest BCUT2D eigenvalue weighted by molar-refractivity contribution is 6.33. The standard InChI is InChI=1S/C16H22ClNO/c1-3-13-5-4-9-18(10-8-13)16-7-6-14(12(2)19)11-15(16)17/h6-7,11,13H,3-5,8-10H2,1-2H3. The molecule has 1 heterocycles. The summed E-state index contributed by atoms with van der Waals surface area (Å²) in [5.41, 5.74) is 1.76. The van der Waals surface area contributed by atoms with Crippen LogP contribution in [0, 0.1) is 5.92 Å². The molecule has 1 aromatic rings. The number of benzene rings is 1. The number of carbonyl (C=O) groups excluding carboxylic acids is 1. The van der Waals surface area contributed by atoms with Crippen molar-refractivity contribution in [2.24, 2.45) is 5.92 Å². The largest absolute Gasteiger partial charge is 0.370 e. The molecule has 1 saturated heterocycles. The van der Waals surface area contributed by atoms with Crippen LogP contribution in [-0.4, -0.2) is 18.9 Å². The second-order valence-electron chi connectivity index (χ2n) is 5.41. The Kier molecular flexibility index (Phi) is 4.87. The van der Waals surface area contributed by atoms with Gasteiger partial charge in [0.15, 0.2) is 5.78 Å². The first-order valence-electron chi connectivity index (χ1n) is 7.17. The van der Waals surface area contributed by atoms with Crippen LogP contribution in [-0.2, 0) is 0 Å². The zero-order chi connectivity index (χ0) is 13.8. The predicted molar refractivity (Wildman–Crippen MR) is 81.3 cm³/mol. The molecule has 2 rings (SSSR count). The topological polar surface area (TPSA) is 20.3 Å². The van der Waals surface area contributed by atoms with Crippen molar-refractivity contribution in [2.45, 2.75) is 39.5 Å². The summed E-state index contributed by atoms with van der Waals surface area (Å²) in [5.74, 6) is 0.913. The van der Waals surface area contributed by atoms with E-state index in [-0.39, 0.29) is 5.78 Å². The highest BCUT2D eigenvalue weighted by Gasteiger charge is 2.18. The molecular formula is C16H22ClNO. The van der Waals surface area contributed by atoms with Gasteiger partial charge in [0.2, 0.25) is 0 Å². The number of Topliss-reactive ketones (excluding diaryl/α,β-unsaturated/α-hetero) is 1. The monoisotopic (exact) mass is 279 g/mol. The molecule has 104 valence electrons. The van der Waals surface area contributed by atoms with Crippen molar-refractivity contribution in [3.63, 3.8) is 0 Å². The van der Waals surface area contributed by atoms with Crippen LogP contribution < -0.4 is 4.90 Å². The molecule has 1 unspecified atom stereocenters. The van der Waals surface area contributed by atoms with Gasteiger partial charge < -0.3 is 4.90 Å². The third-order valence-electron chi connectivity index (χ3n) is 4.12. The Hall–Kier alpha value is -1.02. The molecule has 0 amide bonds. The Morgan fingerprint density at radius 2 is 2.16 bits per heavy atom. The molecule has 0 saturated carbocycles. The van der Waals surface area contributed by atoms with E-state index in [1.54, 1.807) is 13.0 Å². The highest BCUT2D eigenvalue weighted by atomic mass is 35.5. The summed E-state index contributed by atoms with van der Waals surface area (Å²) in [4.78, 5) is 13.7. The van der Waals surface area contributed by atoms with E-state index in [1.807, 2.05) is 12.1 Å². The Balaban J connectivity index is 2.15. The quantitative estimate of drug-likeness (QED) is 0.756. The molecule has 1 atom stereocenters. The van der Waals surface area contributed by atoms with E-state index in [0.717, 1.165) is 24.7 Å². The van der Waals surface area contributed by atoms with E-state index in [1.165, 1.54) is 25.7 Å². The Morgan fingerprint density at radius 1 is 1.37 bits per heavy atom. The third-order valence-corrected chi connectivity index (χ3v) is 4.42. The van der Waals surface area contributed by atoms with E-state index in [0.29, 0.717) is 10.6 Å². The SMILES string of the molecule is CCC1CCCN(c2ccc(C(C)=O)cc2Cl)CC1. The van der Waals surface area contributed by atoms with Gasteiger partial charge in [-0.1, -0.05) is 24.9 Å². The summed E-state index contributed by atoms with van der Waals surface area (Å²) >= 11 is 6.34. The average Bonchev–Trinajstić information content (AvgIpc) is 2.63. The second kappa shape index (κ2) is 6.42. The molecule has 0 bridgehead atoms. The minimum Gasteiger partial charge on any atom is -0.370 e. The zero-order valence-corrected chi connectivity index (χ0v) is 12.5. The lowest BCUT2D eigenvalue weighted by Crippen LogP contribution is -2.24. The van der Waals surface area contributed by atoms with E-state index in [4.69, 9.17) is 11.6 Å². The Morgan fingerprint density at radius 3 is 2.79 bits per heavy atom. The lowest BCUT2D eigenvalue weighted by Gasteiger charge is -2.24. The number of ketones is 1. The van der Waals surface area contributed by atoms with Gasteiger partial charge in [-0.25, -0.2) is 0 Å². The lowest BCUT2D eigenvalue weighted by molar-refractivity contribution is 0.101. The number of halogens is 1. The number of anilines is 1. The van der Waals surface area contributed by atoms with Crippen LogP contribution >= 0.6 is 11.6 Å². The van der Waals surface area contributed by atoms with Crippen molar-refractivity contribution in [3.8, 4) is 0 Å². The highest BCUT2D eigenvalue weighted by Crippen LogP contribution is 2.30. The summed E-state index contributed by atoms with van der Waals surface area (Å²) in [6, 6.07) is 5.67. The fourth-order valence-corrected chi connectivity index (χ4v) is 3.10. The van der Waals surface area contributed by atoms with Gasteiger partial charge in [-0.15, -0.1) is 0 Å². The number of carbonyl (C=O) groups is 1. The fourth-order valence-electron chi connectivity index (χ4n) is 2.80. The van der Waals surface area contributed by atoms with Crippen molar-refractivity contribution in [1.29, 1.82) is 0 Å². The van der Waals surface area contributed by atoms with Gasteiger partial charge in [0.25, 0.3) is 0 Å². The van der Waals surface area contributed by atoms with E-state index in [9.17, 15) is 4.79 Å². The van der Waals surface area contributed by atoms with E-state index >= 15 is 0 Å². The van der Waals surface area contributed by atoms with Gasteiger partial charge in [-0.2, -0.15) is 0 Å². The van der Waals surface area contributed by atoms with Crippen molar-refractivity contribution >= 4 is 23.1 Å². The van der Waals surface area contributed by atoms with Crippen molar-refractivity contribution < 1.29 is 4.79 Å². The molecule has 0 radical (unpaired) electrons. The lowest BCUT2D eigenvalue weighted by atomic mass is 9.98. The van der Waals surface area contributed by atoms with Crippen molar-refractivity contribution in [3.05, 3.63) is 28.8 Å². The fraction of sp³-hybridized carbons (Fsp3) is 0.562. The molecule has 2 nitrogen and oxygen atoms in total. The molecule has 1 aromatic carbocycles. The zero-order valence-electron chi connectivity index (χ0n) is 11.8. The molecule has 19 heavy (non-hydrogen) atoms. The van der Waals surface area contributed by atoms with Gasteiger partial charge in [0.1, 0.15) is 0 Å². The molecule has 0 spiro atoms. The van der Waals surface area contributed by atoms with Crippen LogP contribution in [0.15, 0.2) is 18.2 Å². The summed E-state index contributed by atoms with van der Waals surface area (Å²) in [5, 5.41) is 0.697. The Labute approximate surface area is 120 Å². The summed E-state index contributed by atoms with van der Waals surface area (Å²) in [6.45, 7) is 5.98. The summed E-state index contributed by atoms with van der Waals surface area (Å²) in [6.07, 6.45) is 5.05. The van der Waals surface area contributed by atoms with Crippen LogP contribution in [0.2, 0.25) is 5.02 Å². The normalized spacial score (nSPS) is 20.2. The molecule has 1 fully saturated rings. The molecule has 1 aliphatic heterocycles.